The first-order valence-corrected chi connectivity index (χ1v) is 17.6. The average molecular weight is 829 g/mol. The molecule has 0 amide bonds. The van der Waals surface area contributed by atoms with Crippen LogP contribution in [0.25, 0.3) is 0 Å². The van der Waals surface area contributed by atoms with Crippen LogP contribution in [0.1, 0.15) is 0 Å². The lowest BCUT2D eigenvalue weighted by Crippen LogP contribution is -2.69. The van der Waals surface area contributed by atoms with Crippen LogP contribution in [0.3, 0.4) is 0 Å². The molecular formula is C30H52O26. The minimum absolute atomic E-state index is 0.849. The highest BCUT2D eigenvalue weighted by atomic mass is 16.8. The van der Waals surface area contributed by atoms with E-state index in [1.54, 1.807) is 0 Å². The number of hydrogen-bond acceptors (Lipinski definition) is 26. The zero-order chi connectivity index (χ0) is 41.3. The molecular weight excluding hydrogens is 776 g/mol. The van der Waals surface area contributed by atoms with Crippen LogP contribution in [0.5, 0.6) is 0 Å². The summed E-state index contributed by atoms with van der Waals surface area (Å²) >= 11 is 0. The molecule has 0 aromatic rings. The van der Waals surface area contributed by atoms with E-state index in [1.165, 1.54) is 0 Å². The Kier molecular flexibility index (Phi) is 16.1. The van der Waals surface area contributed by atoms with Gasteiger partial charge in [0, 0.05) is 0 Å². The monoisotopic (exact) mass is 828 g/mol. The van der Waals surface area contributed by atoms with Crippen molar-refractivity contribution in [2.24, 2.45) is 0 Å². The van der Waals surface area contributed by atoms with Crippen LogP contribution in [-0.2, 0) is 42.6 Å². The maximum Gasteiger partial charge on any atom is 0.187 e. The van der Waals surface area contributed by atoms with E-state index in [9.17, 15) is 86.8 Å². The molecule has 56 heavy (non-hydrogen) atoms. The molecule has 26 nitrogen and oxygen atoms in total. The summed E-state index contributed by atoms with van der Waals surface area (Å²) in [6.45, 7) is -4.52. The van der Waals surface area contributed by atoms with Gasteiger partial charge in [-0.25, -0.2) is 0 Å². The Morgan fingerprint density at radius 1 is 0.304 bits per heavy atom. The number of aliphatic hydroxyl groups is 17. The predicted octanol–water partition coefficient (Wildman–Crippen LogP) is -11.9. The van der Waals surface area contributed by atoms with Gasteiger partial charge < -0.3 is 129 Å². The Morgan fingerprint density at radius 3 is 0.964 bits per heavy atom. The van der Waals surface area contributed by atoms with Gasteiger partial charge in [-0.1, -0.05) is 0 Å². The third kappa shape index (κ3) is 9.31. The number of rotatable bonds is 13. The van der Waals surface area contributed by atoms with E-state index in [2.05, 4.69) is 0 Å². The zero-order valence-electron chi connectivity index (χ0n) is 29.2. The van der Waals surface area contributed by atoms with Crippen LogP contribution in [0, 0.1) is 0 Å². The van der Waals surface area contributed by atoms with Gasteiger partial charge >= 0.3 is 0 Å². The van der Waals surface area contributed by atoms with Gasteiger partial charge in [0.15, 0.2) is 31.5 Å². The second-order valence-corrected chi connectivity index (χ2v) is 14.0. The van der Waals surface area contributed by atoms with E-state index in [0.717, 1.165) is 0 Å². The van der Waals surface area contributed by atoms with Crippen LogP contribution in [0.4, 0.5) is 0 Å². The highest BCUT2D eigenvalue weighted by Gasteiger charge is 2.57. The number of hydrogen-bond donors (Lipinski definition) is 17. The summed E-state index contributed by atoms with van der Waals surface area (Å²) in [5.41, 5.74) is 0. The summed E-state index contributed by atoms with van der Waals surface area (Å²) < 4.78 is 50.7. The first kappa shape index (κ1) is 46.0. The molecule has 0 aromatic heterocycles. The third-order valence-corrected chi connectivity index (χ3v) is 10.3. The third-order valence-electron chi connectivity index (χ3n) is 10.3. The Hall–Kier alpha value is -1.04. The molecule has 26 heteroatoms. The fraction of sp³-hybridized carbons (Fsp3) is 1.00. The van der Waals surface area contributed by atoms with E-state index in [4.69, 9.17) is 42.6 Å². The largest absolute Gasteiger partial charge is 0.394 e. The van der Waals surface area contributed by atoms with E-state index in [-0.39, 0.29) is 0 Å². The summed E-state index contributed by atoms with van der Waals surface area (Å²) in [4.78, 5) is 0. The van der Waals surface area contributed by atoms with E-state index in [1.807, 2.05) is 0 Å². The van der Waals surface area contributed by atoms with Crippen molar-refractivity contribution in [1.29, 1.82) is 0 Å². The lowest BCUT2D eigenvalue weighted by Gasteiger charge is -2.50. The molecule has 25 atom stereocenters. The Bertz CT molecular complexity index is 1200. The van der Waals surface area contributed by atoms with E-state index in [0.29, 0.717) is 0 Å². The SMILES string of the molecule is OC[C@H]1O[C@@H](OC[C@H]2OC(O)[C@H](O[C@@H]3O[C@H](CO)[C@@H](O)[C@H](O)[C@H]3O)[C@@H](O[C@@H]3O[C@H](CO)[C@@H](O)[C@H](O)[C@H]3O)[C@@H]2O[C@@H]2O[C@H](CO)[C@@H](O)[C@H](O)[C@H]2O)[C@H](O)[C@@H](O)[C@@H]1O. The molecule has 328 valence electrons. The minimum Gasteiger partial charge on any atom is -0.394 e. The Morgan fingerprint density at radius 2 is 0.607 bits per heavy atom. The summed E-state index contributed by atoms with van der Waals surface area (Å²) in [6.07, 6.45) is -48.1. The predicted molar refractivity (Wildman–Crippen MR) is 167 cm³/mol. The van der Waals surface area contributed by atoms with E-state index >= 15 is 0 Å². The van der Waals surface area contributed by atoms with Crippen molar-refractivity contribution in [3.63, 3.8) is 0 Å². The molecule has 5 heterocycles. The molecule has 17 N–H and O–H groups in total. The van der Waals surface area contributed by atoms with Gasteiger partial charge in [0.1, 0.15) is 122 Å². The second-order valence-electron chi connectivity index (χ2n) is 14.0. The molecule has 5 aliphatic heterocycles. The Labute approximate surface area is 316 Å². The summed E-state index contributed by atoms with van der Waals surface area (Å²) in [7, 11) is 0. The standard InChI is InChI=1S/C30H52O26/c31-1-6-11(35)15(39)19(43)27(50-6)48-5-10-23(54-28-20(44)16(40)12(36)7(2-32)51-28)24(55-29-21(45)17(41)13(37)8(3-33)52-29)25(26(47)49-10)56-30-22(46)18(42)14(38)9(4-34)53-30/h6-47H,1-5H2/t6-,7-,8-,9-,10-,11-,12-,13-,14-,15+,16+,17+,18+,19-,20-,21-,22-,23-,24+,25-,26?,27-,28+,29+,30+/m1/s1. The van der Waals surface area contributed by atoms with E-state index < -0.39 is 187 Å². The fourth-order valence-corrected chi connectivity index (χ4v) is 6.89. The molecule has 0 spiro atoms. The van der Waals surface area contributed by atoms with Crippen molar-refractivity contribution in [2.75, 3.05) is 33.0 Å². The maximum absolute atomic E-state index is 11.4. The maximum atomic E-state index is 11.4. The quantitative estimate of drug-likeness (QED) is 0.0819. The first-order chi connectivity index (χ1) is 26.5. The topological polar surface area (TPSA) is 427 Å². The van der Waals surface area contributed by atoms with Gasteiger partial charge in [-0.15, -0.1) is 0 Å². The molecule has 5 aliphatic rings. The molecule has 0 bridgehead atoms. The highest BCUT2D eigenvalue weighted by Crippen LogP contribution is 2.36. The van der Waals surface area contributed by atoms with Crippen LogP contribution >= 0.6 is 0 Å². The van der Waals surface area contributed by atoms with Crippen LogP contribution < -0.4 is 0 Å². The van der Waals surface area contributed by atoms with Crippen molar-refractivity contribution in [2.45, 2.75) is 154 Å². The second kappa shape index (κ2) is 19.6. The highest BCUT2D eigenvalue weighted by molar-refractivity contribution is 4.99. The molecule has 5 fully saturated rings. The molecule has 0 saturated carbocycles. The Balaban J connectivity index is 1.53. The van der Waals surface area contributed by atoms with Crippen molar-refractivity contribution in [3.05, 3.63) is 0 Å². The van der Waals surface area contributed by atoms with Gasteiger partial charge in [-0.2, -0.15) is 0 Å². The van der Waals surface area contributed by atoms with Gasteiger partial charge in [-0.05, 0) is 0 Å². The summed E-state index contributed by atoms with van der Waals surface area (Å²) in [5.74, 6) is 0. The van der Waals surface area contributed by atoms with Crippen molar-refractivity contribution >= 4 is 0 Å². The smallest absolute Gasteiger partial charge is 0.187 e. The fourth-order valence-electron chi connectivity index (χ4n) is 6.89. The average Bonchev–Trinajstić information content (AvgIpc) is 3.19. The summed E-state index contributed by atoms with van der Waals surface area (Å²) in [5, 5.41) is 176. The molecule has 5 rings (SSSR count). The number of aliphatic hydroxyl groups excluding tert-OH is 17. The minimum atomic E-state index is -2.28. The first-order valence-electron chi connectivity index (χ1n) is 17.6. The van der Waals surface area contributed by atoms with Crippen molar-refractivity contribution < 1.29 is 129 Å². The van der Waals surface area contributed by atoms with Crippen LogP contribution in [0.15, 0.2) is 0 Å². The summed E-state index contributed by atoms with van der Waals surface area (Å²) in [6, 6.07) is 0. The molecule has 0 aromatic carbocycles. The lowest BCUT2D eigenvalue weighted by molar-refractivity contribution is -0.408. The normalized spacial score (nSPS) is 53.2. The molecule has 5 saturated heterocycles. The number of ether oxygens (including phenoxy) is 9. The van der Waals surface area contributed by atoms with Crippen molar-refractivity contribution in [1.82, 2.24) is 0 Å². The van der Waals surface area contributed by atoms with Crippen LogP contribution in [0.2, 0.25) is 0 Å². The van der Waals surface area contributed by atoms with Gasteiger partial charge in [0.25, 0.3) is 0 Å². The van der Waals surface area contributed by atoms with Crippen molar-refractivity contribution in [3.8, 4) is 0 Å². The molecule has 0 radical (unpaired) electrons. The lowest BCUT2D eigenvalue weighted by atomic mass is 9.95. The van der Waals surface area contributed by atoms with Gasteiger partial charge in [-0.3, -0.25) is 0 Å². The van der Waals surface area contributed by atoms with Gasteiger partial charge in [0.2, 0.25) is 0 Å². The molecule has 1 unspecified atom stereocenters. The molecule has 0 aliphatic carbocycles. The zero-order valence-corrected chi connectivity index (χ0v) is 29.2. The van der Waals surface area contributed by atoms with Gasteiger partial charge in [0.05, 0.1) is 33.0 Å². The van der Waals surface area contributed by atoms with Crippen LogP contribution in [-0.4, -0.2) is 273 Å².